The van der Waals surface area contributed by atoms with Gasteiger partial charge in [0.05, 0.1) is 17.2 Å². The van der Waals surface area contributed by atoms with Crippen LogP contribution in [0, 0.1) is 0 Å². The van der Waals surface area contributed by atoms with Crippen LogP contribution in [0.15, 0.2) is 90.0 Å². The van der Waals surface area contributed by atoms with Crippen LogP contribution < -0.4 is 11.1 Å². The van der Waals surface area contributed by atoms with Crippen molar-refractivity contribution < 1.29 is 4.79 Å². The van der Waals surface area contributed by atoms with Gasteiger partial charge in [-0.25, -0.2) is 9.97 Å². The second-order valence-corrected chi connectivity index (χ2v) is 7.60. The number of nitrogens with zero attached hydrogens (tertiary/aromatic N) is 4. The van der Waals surface area contributed by atoms with Crippen molar-refractivity contribution >= 4 is 40.1 Å². The fraction of sp³-hybridized carbons (Fsp3) is 0.0769. The molecule has 0 fully saturated rings. The van der Waals surface area contributed by atoms with E-state index in [4.69, 9.17) is 15.7 Å². The highest BCUT2D eigenvalue weighted by Crippen LogP contribution is 2.27. The van der Waals surface area contributed by atoms with Gasteiger partial charge in [-0.3, -0.25) is 4.79 Å². The van der Waals surface area contributed by atoms with E-state index in [1.807, 2.05) is 84.9 Å². The number of hydrogen-bond acceptors (Lipinski definition) is 5. The molecular weight excluding hydrogens is 412 g/mol. The van der Waals surface area contributed by atoms with Gasteiger partial charge in [0.25, 0.3) is 5.91 Å². The number of aromatic nitrogens is 3. The van der Waals surface area contributed by atoms with Crippen LogP contribution in [0.25, 0.3) is 22.2 Å². The largest absolute Gasteiger partial charge is 0.383 e. The molecule has 0 aliphatic carbocycles. The Kier molecular flexibility index (Phi) is 5.51. The van der Waals surface area contributed by atoms with Crippen LogP contribution in [0.1, 0.15) is 21.5 Å². The molecule has 1 amide bonds. The molecule has 162 valence electrons. The van der Waals surface area contributed by atoms with Gasteiger partial charge in [-0.15, -0.1) is 0 Å². The monoisotopic (exact) mass is 434 g/mol. The van der Waals surface area contributed by atoms with Gasteiger partial charge >= 0.3 is 0 Å². The number of para-hydroxylation sites is 2. The summed E-state index contributed by atoms with van der Waals surface area (Å²) in [6.07, 6.45) is 2.40. The highest BCUT2D eigenvalue weighted by molar-refractivity contribution is 6.10. The van der Waals surface area contributed by atoms with Crippen molar-refractivity contribution in [2.75, 3.05) is 12.3 Å². The number of nitrogens with one attached hydrogen (secondary N) is 1. The average Bonchev–Trinajstić information content (AvgIpc) is 3.12. The Bertz CT molecular complexity index is 1460. The van der Waals surface area contributed by atoms with Crippen molar-refractivity contribution in [2.24, 2.45) is 5.10 Å². The van der Waals surface area contributed by atoms with Crippen molar-refractivity contribution in [1.82, 2.24) is 20.0 Å². The van der Waals surface area contributed by atoms with E-state index in [0.29, 0.717) is 35.2 Å². The van der Waals surface area contributed by atoms with E-state index in [2.05, 4.69) is 10.4 Å². The molecule has 0 unspecified atom stereocenters. The average molecular weight is 435 g/mol. The predicted octanol–water partition coefficient (Wildman–Crippen LogP) is 4.02. The third-order valence-corrected chi connectivity index (χ3v) is 5.36. The number of rotatable bonds is 6. The molecule has 5 rings (SSSR count). The van der Waals surface area contributed by atoms with Gasteiger partial charge in [-0.05, 0) is 29.7 Å². The van der Waals surface area contributed by atoms with Gasteiger partial charge in [0.1, 0.15) is 16.9 Å². The zero-order valence-corrected chi connectivity index (χ0v) is 17.8. The first kappa shape index (κ1) is 20.4. The van der Waals surface area contributed by atoms with Crippen molar-refractivity contribution in [3.63, 3.8) is 0 Å². The smallest absolute Gasteiger partial charge is 0.257 e. The summed E-state index contributed by atoms with van der Waals surface area (Å²) in [4.78, 5) is 22.6. The molecule has 0 radical (unpaired) electrons. The van der Waals surface area contributed by atoms with Crippen LogP contribution in [0.3, 0.4) is 0 Å². The first-order chi connectivity index (χ1) is 16.2. The minimum absolute atomic E-state index is 0.199. The van der Waals surface area contributed by atoms with E-state index in [-0.39, 0.29) is 17.3 Å². The Balaban J connectivity index is 1.54. The quantitative estimate of drug-likeness (QED) is 0.394. The molecule has 0 spiro atoms. The van der Waals surface area contributed by atoms with Crippen LogP contribution in [0.5, 0.6) is 0 Å². The van der Waals surface area contributed by atoms with Gasteiger partial charge in [0, 0.05) is 6.54 Å². The lowest BCUT2D eigenvalue weighted by molar-refractivity contribution is 0.0956. The Morgan fingerprint density at radius 2 is 1.55 bits per heavy atom. The molecule has 7 nitrogen and oxygen atoms in total. The van der Waals surface area contributed by atoms with Crippen LogP contribution in [-0.2, 0) is 6.42 Å². The molecule has 5 aromatic rings. The second kappa shape index (κ2) is 8.92. The number of nitrogen functional groups attached to an aromatic ring is 1. The SMILES string of the molecule is Nc1c(C(=O)NCCc2ccccc2)c2nc3ccccc3nc2n1/N=C/c1ccccc1. The van der Waals surface area contributed by atoms with Gasteiger partial charge in [0.15, 0.2) is 5.65 Å². The lowest BCUT2D eigenvalue weighted by atomic mass is 10.1. The molecule has 0 aliphatic rings. The maximum atomic E-state index is 13.2. The standard InChI is InChI=1S/C26H22N6O/c27-24-22(26(33)28-16-15-18-9-3-1-4-10-18)23-25(31-21-14-8-7-13-20(21)30-23)32(24)29-17-19-11-5-2-6-12-19/h1-14,17H,15-16,27H2,(H,28,33)/b29-17+. The normalized spacial score (nSPS) is 11.4. The summed E-state index contributed by atoms with van der Waals surface area (Å²) < 4.78 is 1.48. The number of hydrogen-bond donors (Lipinski definition) is 2. The number of carbonyl (C=O) groups excluding carboxylic acids is 1. The van der Waals surface area contributed by atoms with E-state index >= 15 is 0 Å². The molecule has 2 heterocycles. The zero-order chi connectivity index (χ0) is 22.6. The van der Waals surface area contributed by atoms with Crippen LogP contribution in [-0.4, -0.2) is 33.3 Å². The zero-order valence-electron chi connectivity index (χ0n) is 17.8. The first-order valence-corrected chi connectivity index (χ1v) is 10.7. The first-order valence-electron chi connectivity index (χ1n) is 10.7. The fourth-order valence-electron chi connectivity index (χ4n) is 3.71. The van der Waals surface area contributed by atoms with E-state index in [0.717, 1.165) is 11.1 Å². The number of anilines is 1. The predicted molar refractivity (Wildman–Crippen MR) is 131 cm³/mol. The van der Waals surface area contributed by atoms with Gasteiger partial charge in [-0.2, -0.15) is 9.78 Å². The molecular formula is C26H22N6O. The molecule has 0 aliphatic heterocycles. The van der Waals surface area contributed by atoms with Gasteiger partial charge < -0.3 is 11.1 Å². The summed E-state index contributed by atoms with van der Waals surface area (Å²) in [7, 11) is 0. The Labute approximate surface area is 190 Å². The minimum atomic E-state index is -0.299. The van der Waals surface area contributed by atoms with Crippen LogP contribution in [0.4, 0.5) is 5.82 Å². The summed E-state index contributed by atoms with van der Waals surface area (Å²) in [5.41, 5.74) is 11.0. The second-order valence-electron chi connectivity index (χ2n) is 7.60. The van der Waals surface area contributed by atoms with Crippen LogP contribution in [0.2, 0.25) is 0 Å². The highest BCUT2D eigenvalue weighted by Gasteiger charge is 2.23. The number of amides is 1. The molecule has 0 saturated carbocycles. The lowest BCUT2D eigenvalue weighted by Gasteiger charge is -2.05. The summed E-state index contributed by atoms with van der Waals surface area (Å²) >= 11 is 0. The molecule has 0 atom stereocenters. The van der Waals surface area contributed by atoms with E-state index in [1.54, 1.807) is 6.21 Å². The molecule has 2 aromatic heterocycles. The fourth-order valence-corrected chi connectivity index (χ4v) is 3.71. The topological polar surface area (TPSA) is 98.2 Å². The highest BCUT2D eigenvalue weighted by atomic mass is 16.1. The van der Waals surface area contributed by atoms with Crippen molar-refractivity contribution in [2.45, 2.75) is 6.42 Å². The Morgan fingerprint density at radius 1 is 0.909 bits per heavy atom. The molecule has 7 heteroatoms. The number of benzene rings is 3. The van der Waals surface area contributed by atoms with E-state index in [9.17, 15) is 4.79 Å². The molecule has 0 saturated heterocycles. The summed E-state index contributed by atoms with van der Waals surface area (Å²) in [6, 6.07) is 27.2. The van der Waals surface area contributed by atoms with Crippen molar-refractivity contribution in [1.29, 1.82) is 0 Å². The van der Waals surface area contributed by atoms with Crippen molar-refractivity contribution in [3.05, 3.63) is 102 Å². The molecule has 3 aromatic carbocycles. The Hall–Kier alpha value is -4.52. The van der Waals surface area contributed by atoms with E-state index < -0.39 is 0 Å². The van der Waals surface area contributed by atoms with Crippen molar-refractivity contribution in [3.8, 4) is 0 Å². The van der Waals surface area contributed by atoms with Gasteiger partial charge in [-0.1, -0.05) is 72.8 Å². The summed E-state index contributed by atoms with van der Waals surface area (Å²) in [5, 5.41) is 7.49. The molecule has 0 bridgehead atoms. The third-order valence-electron chi connectivity index (χ3n) is 5.36. The van der Waals surface area contributed by atoms with E-state index in [1.165, 1.54) is 4.68 Å². The maximum absolute atomic E-state index is 13.2. The molecule has 33 heavy (non-hydrogen) atoms. The lowest BCUT2D eigenvalue weighted by Crippen LogP contribution is -2.26. The Morgan fingerprint density at radius 3 is 2.27 bits per heavy atom. The number of carbonyl (C=O) groups is 1. The third kappa shape index (κ3) is 4.16. The van der Waals surface area contributed by atoms with Crippen LogP contribution >= 0.6 is 0 Å². The number of nitrogens with two attached hydrogens (primary N) is 1. The maximum Gasteiger partial charge on any atom is 0.257 e. The minimum Gasteiger partial charge on any atom is -0.383 e. The molecule has 3 N–H and O–H groups in total. The summed E-state index contributed by atoms with van der Waals surface area (Å²) in [5.74, 6) is -0.101. The van der Waals surface area contributed by atoms with Gasteiger partial charge in [0.2, 0.25) is 0 Å². The number of fused-ring (bicyclic) bond motifs is 2. The summed E-state index contributed by atoms with van der Waals surface area (Å²) in [6.45, 7) is 0.475.